The van der Waals surface area contributed by atoms with Gasteiger partial charge in [-0.25, -0.2) is 122 Å². The molecule has 0 amide bonds. The zero-order valence-corrected chi connectivity index (χ0v) is 72.3. The summed E-state index contributed by atoms with van der Waals surface area (Å²) in [5.41, 5.74) is 8.05. The SMILES string of the molecule is CC(C)(C)N=C=O.CC(C)(N=C=O)c1ccccc1.CCN=C=O.CN=C=O.CN=C=O.Cc1ccccc1.O=C=NC1CCC(CC2CCC(N=C=O)CC2)CC1.O=C=NCCCCCCN=C=O.O=C=NCc1ccccc1.O=C=Nc1ccc(Cc2ccc(N=C=O)cc2)cc1.O=C=Nc1ccc(N=C=O)cc1.O=C=Nc1cccc2c(N=C=O)cccc12. The topological polar surface area (TPSA) is 471 Å². The molecule has 10 rings (SSSR count). The minimum atomic E-state index is -0.455. The van der Waals surface area contributed by atoms with Crippen LogP contribution < -0.4 is 0 Å². The Morgan fingerprint density at radius 1 is 0.315 bits per heavy atom. The van der Waals surface area contributed by atoms with Crippen molar-refractivity contribution >= 4 is 142 Å². The first-order chi connectivity index (χ1) is 61.6. The van der Waals surface area contributed by atoms with Crippen molar-refractivity contribution < 1.29 is 76.7 Å². The molecule has 0 aromatic heterocycles. The van der Waals surface area contributed by atoms with E-state index in [1.165, 1.54) is 131 Å². The third-order valence-electron chi connectivity index (χ3n) is 16.9. The van der Waals surface area contributed by atoms with E-state index in [-0.39, 0.29) is 17.6 Å². The second-order valence-electron chi connectivity index (χ2n) is 27.5. The maximum absolute atomic E-state index is 10.3. The van der Waals surface area contributed by atoms with Crippen LogP contribution >= 0.6 is 0 Å². The maximum atomic E-state index is 10.3. The Kier molecular flexibility index (Phi) is 69.0. The molecule has 0 N–H and O–H groups in total. The third-order valence-corrected chi connectivity index (χ3v) is 16.9. The molecule has 0 spiro atoms. The van der Waals surface area contributed by atoms with Crippen molar-refractivity contribution in [3.63, 3.8) is 0 Å². The summed E-state index contributed by atoms with van der Waals surface area (Å²) in [5, 5.41) is 1.50. The molecule has 8 aromatic rings. The first-order valence-electron chi connectivity index (χ1n) is 39.3. The third kappa shape index (κ3) is 61.1. The summed E-state index contributed by atoms with van der Waals surface area (Å²) in [6.07, 6.45) is 38.6. The van der Waals surface area contributed by atoms with Crippen LogP contribution in [0.5, 0.6) is 0 Å². The fraction of sp³-hybridized carbons (Fsp3) is 0.347. The van der Waals surface area contributed by atoms with Crippen molar-refractivity contribution in [1.29, 1.82) is 0 Å². The van der Waals surface area contributed by atoms with Crippen LogP contribution in [-0.4, -0.2) is 149 Å². The molecule has 0 atom stereocenters. The fourth-order valence-electron chi connectivity index (χ4n) is 10.9. The highest BCUT2D eigenvalue weighted by Crippen LogP contribution is 2.37. The first kappa shape index (κ1) is 113. The van der Waals surface area contributed by atoms with Gasteiger partial charge in [0.1, 0.15) is 0 Å². The average molecular weight is 1720 g/mol. The molecular formula is C95H100N16O16. The van der Waals surface area contributed by atoms with Crippen molar-refractivity contribution in [1.82, 2.24) is 0 Å². The summed E-state index contributed by atoms with van der Waals surface area (Å²) in [6.45, 7) is 15.3. The van der Waals surface area contributed by atoms with Crippen molar-refractivity contribution in [2.24, 2.45) is 91.7 Å². The van der Waals surface area contributed by atoms with Gasteiger partial charge in [-0.1, -0.05) is 158 Å². The van der Waals surface area contributed by atoms with Gasteiger partial charge in [0.15, 0.2) is 0 Å². The van der Waals surface area contributed by atoms with Gasteiger partial charge in [0.2, 0.25) is 97.3 Å². The molecule has 0 heterocycles. The second kappa shape index (κ2) is 77.4. The second-order valence-corrected chi connectivity index (χ2v) is 27.5. The van der Waals surface area contributed by atoms with Crippen molar-refractivity contribution in [3.05, 3.63) is 228 Å². The van der Waals surface area contributed by atoms with Crippen LogP contribution in [0.2, 0.25) is 0 Å². The van der Waals surface area contributed by atoms with E-state index in [0.29, 0.717) is 60.3 Å². The van der Waals surface area contributed by atoms with Gasteiger partial charge >= 0.3 is 0 Å². The van der Waals surface area contributed by atoms with E-state index in [1.807, 2.05) is 138 Å². The van der Waals surface area contributed by atoms with Gasteiger partial charge in [-0.3, -0.25) is 0 Å². The molecule has 0 saturated heterocycles. The minimum absolute atomic E-state index is 0.228. The summed E-state index contributed by atoms with van der Waals surface area (Å²) in [5.74, 6) is 1.60. The van der Waals surface area contributed by atoms with Crippen LogP contribution in [0.15, 0.2) is 280 Å². The normalized spacial score (nSPS) is 12.5. The molecule has 8 aromatic carbocycles. The monoisotopic (exact) mass is 1720 g/mol. The molecule has 2 fully saturated rings. The Hall–Kier alpha value is -15.9. The molecule has 0 radical (unpaired) electrons. The number of rotatable bonds is 24. The van der Waals surface area contributed by atoms with Crippen LogP contribution in [0.1, 0.15) is 153 Å². The number of hydrogen-bond acceptors (Lipinski definition) is 32. The number of carbonyl (C=O) groups excluding carboxylic acids is 16. The molecule has 2 saturated carbocycles. The molecule has 0 unspecified atom stereocenters. The van der Waals surface area contributed by atoms with Crippen LogP contribution in [0.4, 0.5) is 34.1 Å². The summed E-state index contributed by atoms with van der Waals surface area (Å²) in [7, 11) is 2.76. The van der Waals surface area contributed by atoms with Gasteiger partial charge in [-0.05, 0) is 220 Å². The summed E-state index contributed by atoms with van der Waals surface area (Å²) in [6, 6.07) is 61.4. The molecule has 127 heavy (non-hydrogen) atoms. The predicted octanol–water partition coefficient (Wildman–Crippen LogP) is 19.1. The molecular weight excluding hydrogens is 1620 g/mol. The largest absolute Gasteiger partial charge is 0.240 e. The zero-order chi connectivity index (χ0) is 94.5. The lowest BCUT2D eigenvalue weighted by atomic mass is 9.76. The van der Waals surface area contributed by atoms with E-state index in [2.05, 4.69) is 98.9 Å². The van der Waals surface area contributed by atoms with Crippen LogP contribution in [0.25, 0.3) is 10.8 Å². The van der Waals surface area contributed by atoms with Crippen LogP contribution in [0.3, 0.4) is 0 Å². The Bertz CT molecular complexity index is 5080. The fourth-order valence-corrected chi connectivity index (χ4v) is 10.9. The Labute approximate surface area is 736 Å². The summed E-state index contributed by atoms with van der Waals surface area (Å²) >= 11 is 0. The van der Waals surface area contributed by atoms with Crippen molar-refractivity contribution in [3.8, 4) is 0 Å². The summed E-state index contributed by atoms with van der Waals surface area (Å²) in [4.78, 5) is 211. The number of nitrogens with zero attached hydrogens (tertiary/aromatic N) is 16. The number of isocyanates is 16. The lowest BCUT2D eigenvalue weighted by Gasteiger charge is -2.31. The summed E-state index contributed by atoms with van der Waals surface area (Å²) < 4.78 is 0. The highest BCUT2D eigenvalue weighted by molar-refractivity contribution is 6.00. The highest BCUT2D eigenvalue weighted by Gasteiger charge is 2.27. The average Bonchev–Trinajstić information content (AvgIpc) is 0.807. The van der Waals surface area contributed by atoms with Gasteiger partial charge in [-0.2, -0.15) is 34.9 Å². The van der Waals surface area contributed by atoms with Crippen molar-refractivity contribution in [2.45, 2.75) is 168 Å². The standard InChI is InChI=1S/C15H22N2O2.C15H10N2O2.C12H6N2O2.C10H11NO.C8H4N2O2.C8H12N2O2.C8H7NO.C7H8.C5H9NO.C3H5NO.2C2H3NO/c2*18-10-16-14-5-1-12(2-6-14)9-13-3-7-15(8-4-13)17-11-19;15-7-13-11-5-1-3-9-10(11)4-2-6-12(9)14-8-16;1-10(2,11-8-12)9-6-4-3-5-7-9;11-5-9-7-1-2-8(4-3-7)10-6-12;11-7-9-5-3-1-2-4-6-10-8-12;10-7-9-6-8-4-2-1-3-5-8;1-7-5-3-2-4-6-7;1-5(2,3)6-4-7;1-2-4-3-5;2*1-3-2-4/h12-15H,1-9H2;1-8H,9H2;1-6H;3-7H,1-2H3;1-4H;1-6H2;1-5H,6H2;2-6H,1H3;1-3H3;2H2,1H3;2*1H3. The molecule has 32 nitrogen and oxygen atoms in total. The van der Waals surface area contributed by atoms with Gasteiger partial charge in [0.25, 0.3) is 0 Å². The molecule has 2 aliphatic carbocycles. The molecule has 32 heteroatoms. The molecule has 0 bridgehead atoms. The number of aliphatic imine (C=N–C) groups is 16. The molecule has 0 aliphatic heterocycles. The first-order valence-corrected chi connectivity index (χ1v) is 39.3. The van der Waals surface area contributed by atoms with Gasteiger partial charge < -0.3 is 0 Å². The predicted molar refractivity (Wildman–Crippen MR) is 481 cm³/mol. The van der Waals surface area contributed by atoms with Crippen LogP contribution in [-0.2, 0) is 95.2 Å². The van der Waals surface area contributed by atoms with E-state index < -0.39 is 5.54 Å². The number of aryl methyl sites for hydroxylation is 1. The van der Waals surface area contributed by atoms with Gasteiger partial charge in [-0.15, -0.1) is 0 Å². The van der Waals surface area contributed by atoms with E-state index in [4.69, 9.17) is 14.4 Å². The van der Waals surface area contributed by atoms with E-state index in [0.717, 1.165) is 103 Å². The molecule has 2 aliphatic rings. The minimum Gasteiger partial charge on any atom is -0.211 e. The van der Waals surface area contributed by atoms with E-state index >= 15 is 0 Å². The Morgan fingerprint density at radius 3 is 0.929 bits per heavy atom. The van der Waals surface area contributed by atoms with Gasteiger partial charge in [0.05, 0.1) is 76.9 Å². The quantitative estimate of drug-likeness (QED) is 0.0308. The van der Waals surface area contributed by atoms with Crippen LogP contribution in [0, 0.1) is 18.8 Å². The van der Waals surface area contributed by atoms with Crippen molar-refractivity contribution in [2.75, 3.05) is 33.7 Å². The smallest absolute Gasteiger partial charge is 0.211 e. The lowest BCUT2D eigenvalue weighted by Crippen LogP contribution is -2.23. The van der Waals surface area contributed by atoms with Gasteiger partial charge in [0, 0.05) is 31.4 Å². The van der Waals surface area contributed by atoms with E-state index in [1.54, 1.807) is 110 Å². The maximum Gasteiger partial charge on any atom is 0.240 e. The zero-order valence-electron chi connectivity index (χ0n) is 72.3. The number of benzene rings is 8. The Morgan fingerprint density at radius 2 is 0.654 bits per heavy atom. The van der Waals surface area contributed by atoms with E-state index in [9.17, 15) is 62.3 Å². The Balaban J connectivity index is 0. The number of fused-ring (bicyclic) bond motifs is 1. The molecule has 656 valence electrons. The highest BCUT2D eigenvalue weighted by atomic mass is 16.2. The lowest BCUT2D eigenvalue weighted by molar-refractivity contribution is 0.226. The number of unbranched alkanes of at least 4 members (excludes halogenated alkanes) is 3. The number of hydrogen-bond donors (Lipinski definition) is 0.